The summed E-state index contributed by atoms with van der Waals surface area (Å²) in [6.45, 7) is 8.30. The lowest BCUT2D eigenvalue weighted by Gasteiger charge is -2.11. The van der Waals surface area contributed by atoms with E-state index in [4.69, 9.17) is 20.0 Å². The number of rotatable bonds is 2. The smallest absolute Gasteiger partial charge is 0.153 e. The molecule has 0 aliphatic carbocycles. The Bertz CT molecular complexity index is 1350. The Morgan fingerprint density at radius 2 is 0.875 bits per heavy atom. The van der Waals surface area contributed by atoms with E-state index in [0.29, 0.717) is 11.7 Å². The number of hydrogen-bond acceptors (Lipinski definition) is 2. The molecule has 0 N–H and O–H groups in total. The lowest BCUT2D eigenvalue weighted by molar-refractivity contribution is 1.21. The molecule has 0 radical (unpaired) electrons. The zero-order chi connectivity index (χ0) is 22.2. The van der Waals surface area contributed by atoms with E-state index in [-0.39, 0.29) is 0 Å². The standard InChI is InChI=1S/C28H24N4/c1-17-7-5-8-18(2)25(17)29-23-15-13-21-11-12-22-14-16-24(32-28(22)27(21)31-23)30-26-19(3)9-6-10-20(26)4/h5-16H,1-4H3. The summed E-state index contributed by atoms with van der Waals surface area (Å²) < 4.78 is 0. The second-order valence-corrected chi connectivity index (χ2v) is 8.25. The van der Waals surface area contributed by atoms with Crippen LogP contribution in [0.5, 0.6) is 0 Å². The second-order valence-electron chi connectivity index (χ2n) is 8.25. The quantitative estimate of drug-likeness (QED) is 0.517. The fraction of sp³-hybridized carbons (Fsp3) is 0.143. The molecule has 0 fully saturated rings. The first-order valence-electron chi connectivity index (χ1n) is 10.8. The summed E-state index contributed by atoms with van der Waals surface area (Å²) in [5.41, 5.74) is 8.56. The van der Waals surface area contributed by atoms with Crippen molar-refractivity contribution in [1.82, 2.24) is 0 Å². The van der Waals surface area contributed by atoms with Crippen LogP contribution >= 0.6 is 0 Å². The third kappa shape index (κ3) is 3.65. The van der Waals surface area contributed by atoms with Crippen LogP contribution in [-0.4, -0.2) is 11.7 Å². The molecule has 0 spiro atoms. The zero-order valence-electron chi connectivity index (χ0n) is 18.7. The maximum atomic E-state index is 4.89. The van der Waals surface area contributed by atoms with Crippen molar-refractivity contribution in [2.24, 2.45) is 20.0 Å². The Morgan fingerprint density at radius 1 is 0.500 bits per heavy atom. The van der Waals surface area contributed by atoms with Gasteiger partial charge in [-0.15, -0.1) is 0 Å². The van der Waals surface area contributed by atoms with Gasteiger partial charge in [-0.3, -0.25) is 0 Å². The highest BCUT2D eigenvalue weighted by atomic mass is 14.9. The van der Waals surface area contributed by atoms with Gasteiger partial charge in [-0.1, -0.05) is 48.5 Å². The molecule has 0 aromatic heterocycles. The van der Waals surface area contributed by atoms with Crippen LogP contribution in [0.15, 0.2) is 80.7 Å². The number of hydrogen-bond donors (Lipinski definition) is 0. The van der Waals surface area contributed by atoms with Crippen molar-refractivity contribution in [3.63, 3.8) is 0 Å². The van der Waals surface area contributed by atoms with Crippen LogP contribution in [0.2, 0.25) is 0 Å². The Labute approximate surface area is 187 Å². The van der Waals surface area contributed by atoms with Crippen molar-refractivity contribution < 1.29 is 0 Å². The molecule has 0 atom stereocenters. The molecule has 0 bridgehead atoms. The highest BCUT2D eigenvalue weighted by Crippen LogP contribution is 2.25. The van der Waals surface area contributed by atoms with Gasteiger partial charge in [-0.05, 0) is 74.3 Å². The maximum absolute atomic E-state index is 4.89. The molecular weight excluding hydrogens is 392 g/mol. The van der Waals surface area contributed by atoms with Crippen molar-refractivity contribution in [3.8, 4) is 0 Å². The lowest BCUT2D eigenvalue weighted by Crippen LogP contribution is -2.34. The van der Waals surface area contributed by atoms with Crippen molar-refractivity contribution in [2.45, 2.75) is 27.7 Å². The van der Waals surface area contributed by atoms with Gasteiger partial charge in [-0.25, -0.2) is 20.0 Å². The number of para-hydroxylation sites is 2. The second kappa shape index (κ2) is 7.97. The van der Waals surface area contributed by atoms with E-state index in [9.17, 15) is 0 Å². The minimum atomic E-state index is 0.682. The molecule has 0 saturated heterocycles. The van der Waals surface area contributed by atoms with Gasteiger partial charge < -0.3 is 0 Å². The number of amidine groups is 2. The van der Waals surface area contributed by atoms with Gasteiger partial charge in [0.25, 0.3) is 0 Å². The average molecular weight is 417 g/mol. The molecule has 32 heavy (non-hydrogen) atoms. The fourth-order valence-corrected chi connectivity index (χ4v) is 4.06. The topological polar surface area (TPSA) is 49.4 Å². The van der Waals surface area contributed by atoms with E-state index in [0.717, 1.165) is 55.5 Å². The summed E-state index contributed by atoms with van der Waals surface area (Å²) in [4.78, 5) is 19.5. The molecule has 0 unspecified atom stereocenters. The molecule has 3 aromatic carbocycles. The monoisotopic (exact) mass is 416 g/mol. The van der Waals surface area contributed by atoms with E-state index in [1.54, 1.807) is 0 Å². The number of aryl methyl sites for hydroxylation is 4. The minimum Gasteiger partial charge on any atom is -0.229 e. The van der Waals surface area contributed by atoms with Gasteiger partial charge >= 0.3 is 0 Å². The normalized spacial score (nSPS) is 16.5. The molecule has 2 aliphatic rings. The molecule has 0 amide bonds. The van der Waals surface area contributed by atoms with Gasteiger partial charge in [0.15, 0.2) is 11.7 Å². The average Bonchev–Trinajstić information content (AvgIpc) is 2.79. The van der Waals surface area contributed by atoms with E-state index >= 15 is 0 Å². The Kier molecular flexibility index (Phi) is 4.98. The molecule has 3 aromatic rings. The highest BCUT2D eigenvalue weighted by Gasteiger charge is 2.12. The van der Waals surface area contributed by atoms with Gasteiger partial charge in [0.1, 0.15) is 0 Å². The zero-order valence-corrected chi connectivity index (χ0v) is 18.7. The summed E-state index contributed by atoms with van der Waals surface area (Å²) in [6.07, 6.45) is 8.05. The van der Waals surface area contributed by atoms with E-state index in [1.807, 2.05) is 12.2 Å². The predicted octanol–water partition coefficient (Wildman–Crippen LogP) is 5.67. The van der Waals surface area contributed by atoms with Crippen LogP contribution in [-0.2, 0) is 0 Å². The minimum absolute atomic E-state index is 0.682. The number of benzene rings is 3. The first kappa shape index (κ1) is 20.0. The van der Waals surface area contributed by atoms with Crippen LogP contribution < -0.4 is 10.7 Å². The number of aliphatic imine (C=N–C) groups is 2. The summed E-state index contributed by atoms with van der Waals surface area (Å²) in [6, 6.07) is 16.6. The van der Waals surface area contributed by atoms with Crippen molar-refractivity contribution >= 4 is 35.2 Å². The van der Waals surface area contributed by atoms with Crippen molar-refractivity contribution in [1.29, 1.82) is 0 Å². The SMILES string of the molecule is Cc1cccc(C)c1N=C1C=Cc2ccc3c(c2=N1)=NC(=Nc1c(C)cccc1C)C=C3. The van der Waals surface area contributed by atoms with Crippen LogP contribution in [0.25, 0.3) is 12.2 Å². The third-order valence-electron chi connectivity index (χ3n) is 5.82. The largest absolute Gasteiger partial charge is 0.229 e. The van der Waals surface area contributed by atoms with E-state index < -0.39 is 0 Å². The molecule has 2 aliphatic heterocycles. The number of nitrogens with zero attached hydrogens (tertiary/aromatic N) is 4. The third-order valence-corrected chi connectivity index (χ3v) is 5.82. The Hall–Kier alpha value is -3.92. The molecule has 2 heterocycles. The first-order valence-corrected chi connectivity index (χ1v) is 10.8. The number of fused-ring (bicyclic) bond motifs is 3. The fourth-order valence-electron chi connectivity index (χ4n) is 4.06. The van der Waals surface area contributed by atoms with Gasteiger partial charge in [-0.2, -0.15) is 0 Å². The Morgan fingerprint density at radius 3 is 1.25 bits per heavy atom. The first-order chi connectivity index (χ1) is 15.5. The lowest BCUT2D eigenvalue weighted by atomic mass is 10.0. The maximum Gasteiger partial charge on any atom is 0.153 e. The van der Waals surface area contributed by atoms with E-state index in [2.05, 4.69) is 88.4 Å². The molecule has 156 valence electrons. The molecular formula is C28H24N4. The van der Waals surface area contributed by atoms with Gasteiger partial charge in [0.05, 0.1) is 22.1 Å². The molecule has 0 saturated carbocycles. The van der Waals surface area contributed by atoms with Crippen molar-refractivity contribution in [2.75, 3.05) is 0 Å². The molecule has 4 nitrogen and oxygen atoms in total. The predicted molar refractivity (Wildman–Crippen MR) is 133 cm³/mol. The van der Waals surface area contributed by atoms with Gasteiger partial charge in [0.2, 0.25) is 0 Å². The van der Waals surface area contributed by atoms with Gasteiger partial charge in [0, 0.05) is 11.1 Å². The van der Waals surface area contributed by atoms with Crippen molar-refractivity contribution in [3.05, 3.63) is 105 Å². The van der Waals surface area contributed by atoms with Crippen LogP contribution in [0.3, 0.4) is 0 Å². The van der Waals surface area contributed by atoms with Crippen LogP contribution in [0.4, 0.5) is 11.4 Å². The molecule has 5 rings (SSSR count). The van der Waals surface area contributed by atoms with Crippen LogP contribution in [0.1, 0.15) is 33.4 Å². The summed E-state index contributed by atoms with van der Waals surface area (Å²) in [5, 5.41) is 1.68. The summed E-state index contributed by atoms with van der Waals surface area (Å²) >= 11 is 0. The highest BCUT2D eigenvalue weighted by molar-refractivity contribution is 6.02. The summed E-state index contributed by atoms with van der Waals surface area (Å²) in [7, 11) is 0. The molecule has 4 heteroatoms. The van der Waals surface area contributed by atoms with Crippen LogP contribution in [0, 0.1) is 27.7 Å². The Balaban J connectivity index is 1.67. The summed E-state index contributed by atoms with van der Waals surface area (Å²) in [5.74, 6) is 1.36. The van der Waals surface area contributed by atoms with E-state index in [1.165, 1.54) is 0 Å².